The van der Waals surface area contributed by atoms with Crippen LogP contribution in [0.1, 0.15) is 5.56 Å². The minimum absolute atomic E-state index is 0.167. The Morgan fingerprint density at radius 3 is 2.76 bits per heavy atom. The van der Waals surface area contributed by atoms with Crippen molar-refractivity contribution in [2.45, 2.75) is 0 Å². The Kier molecular flexibility index (Phi) is 5.71. The number of nitro benzene ring substituents is 1. The largest absolute Gasteiger partial charge is 0.497 e. The molecule has 0 saturated heterocycles. The highest BCUT2D eigenvalue weighted by molar-refractivity contribution is 6.30. The molecule has 0 radical (unpaired) electrons. The maximum Gasteiger partial charge on any atom is 0.271 e. The Bertz CT molecular complexity index is 903. The zero-order chi connectivity index (χ0) is 18.4. The third-order valence-electron chi connectivity index (χ3n) is 3.12. The summed E-state index contributed by atoms with van der Waals surface area (Å²) in [5, 5.41) is 22.8. The molecular formula is C17H12ClN3O4. The molecule has 2 rings (SSSR count). The maximum absolute atomic E-state index is 12.2. The molecule has 0 aliphatic heterocycles. The molecule has 0 saturated carbocycles. The number of nitriles is 1. The van der Waals surface area contributed by atoms with Gasteiger partial charge in [-0.25, -0.2) is 0 Å². The van der Waals surface area contributed by atoms with E-state index in [0.717, 1.165) is 0 Å². The second kappa shape index (κ2) is 7.95. The van der Waals surface area contributed by atoms with Crippen molar-refractivity contribution in [1.82, 2.24) is 0 Å². The van der Waals surface area contributed by atoms with Crippen molar-refractivity contribution in [2.24, 2.45) is 0 Å². The first kappa shape index (κ1) is 18.0. The molecule has 25 heavy (non-hydrogen) atoms. The molecule has 0 unspecified atom stereocenters. The lowest BCUT2D eigenvalue weighted by Gasteiger charge is -2.05. The van der Waals surface area contributed by atoms with Crippen LogP contribution in [0.25, 0.3) is 6.08 Å². The fourth-order valence-corrected chi connectivity index (χ4v) is 2.23. The number of ether oxygens (including phenoxy) is 1. The smallest absolute Gasteiger partial charge is 0.271 e. The molecule has 0 spiro atoms. The van der Waals surface area contributed by atoms with Gasteiger partial charge < -0.3 is 10.1 Å². The summed E-state index contributed by atoms with van der Waals surface area (Å²) in [5.74, 6) is -0.211. The van der Waals surface area contributed by atoms with E-state index in [4.69, 9.17) is 16.3 Å². The number of hydrogen-bond donors (Lipinski definition) is 1. The molecule has 0 bridgehead atoms. The minimum atomic E-state index is -0.693. The lowest BCUT2D eigenvalue weighted by atomic mass is 10.1. The van der Waals surface area contributed by atoms with Gasteiger partial charge in [0.1, 0.15) is 17.4 Å². The Balaban J connectivity index is 2.27. The van der Waals surface area contributed by atoms with Crippen LogP contribution in [-0.2, 0) is 4.79 Å². The van der Waals surface area contributed by atoms with E-state index >= 15 is 0 Å². The molecular weight excluding hydrogens is 346 g/mol. The molecule has 0 atom stereocenters. The molecule has 2 aromatic carbocycles. The van der Waals surface area contributed by atoms with Crippen LogP contribution in [0.4, 0.5) is 11.4 Å². The normalized spacial score (nSPS) is 10.7. The van der Waals surface area contributed by atoms with E-state index in [1.807, 2.05) is 0 Å². The van der Waals surface area contributed by atoms with E-state index in [2.05, 4.69) is 5.32 Å². The number of carbonyl (C=O) groups excluding carboxylic acids is 1. The molecule has 2 aromatic rings. The Labute approximate surface area is 148 Å². The second-order valence-corrected chi connectivity index (χ2v) is 5.29. The Morgan fingerprint density at radius 1 is 1.36 bits per heavy atom. The third-order valence-corrected chi connectivity index (χ3v) is 3.34. The summed E-state index contributed by atoms with van der Waals surface area (Å²) in [5.41, 5.74) is 0.370. The van der Waals surface area contributed by atoms with E-state index in [0.29, 0.717) is 16.3 Å². The molecule has 7 nitrogen and oxygen atoms in total. The topological polar surface area (TPSA) is 105 Å². The second-order valence-electron chi connectivity index (χ2n) is 4.86. The summed E-state index contributed by atoms with van der Waals surface area (Å²) in [6.45, 7) is 0. The van der Waals surface area contributed by atoms with Gasteiger partial charge in [-0.3, -0.25) is 14.9 Å². The Hall–Kier alpha value is -3.37. The van der Waals surface area contributed by atoms with Crippen molar-refractivity contribution >= 4 is 35.0 Å². The number of anilines is 1. The third kappa shape index (κ3) is 4.80. The first-order valence-electron chi connectivity index (χ1n) is 6.95. The highest BCUT2D eigenvalue weighted by atomic mass is 35.5. The quantitative estimate of drug-likeness (QED) is 0.379. The van der Waals surface area contributed by atoms with Gasteiger partial charge in [0.05, 0.1) is 12.0 Å². The number of nitrogens with one attached hydrogen (secondary N) is 1. The van der Waals surface area contributed by atoms with Crippen LogP contribution >= 0.6 is 11.6 Å². The van der Waals surface area contributed by atoms with Gasteiger partial charge in [-0.15, -0.1) is 0 Å². The van der Waals surface area contributed by atoms with E-state index in [1.165, 1.54) is 37.5 Å². The number of non-ortho nitro benzene ring substituents is 1. The van der Waals surface area contributed by atoms with Gasteiger partial charge >= 0.3 is 0 Å². The summed E-state index contributed by atoms with van der Waals surface area (Å²) in [6.07, 6.45) is 1.35. The monoisotopic (exact) mass is 357 g/mol. The molecule has 1 amide bonds. The first-order valence-corrected chi connectivity index (χ1v) is 7.33. The van der Waals surface area contributed by atoms with E-state index in [9.17, 15) is 20.2 Å². The summed E-state index contributed by atoms with van der Waals surface area (Å²) >= 11 is 5.96. The fraction of sp³-hybridized carbons (Fsp3) is 0.0588. The molecule has 0 aliphatic carbocycles. The highest BCUT2D eigenvalue weighted by Crippen LogP contribution is 2.23. The van der Waals surface area contributed by atoms with Crippen molar-refractivity contribution in [1.29, 1.82) is 5.26 Å². The highest BCUT2D eigenvalue weighted by Gasteiger charge is 2.12. The summed E-state index contributed by atoms with van der Waals surface area (Å²) < 4.78 is 5.08. The van der Waals surface area contributed by atoms with Crippen LogP contribution in [0.3, 0.4) is 0 Å². The number of amides is 1. The van der Waals surface area contributed by atoms with E-state index < -0.39 is 10.8 Å². The van der Waals surface area contributed by atoms with Crippen LogP contribution in [0.2, 0.25) is 5.02 Å². The average molecular weight is 358 g/mol. The lowest BCUT2D eigenvalue weighted by molar-refractivity contribution is -0.384. The number of halogens is 1. The van der Waals surface area contributed by atoms with Gasteiger partial charge in [0.2, 0.25) is 0 Å². The predicted octanol–water partition coefficient (Wildman–Crippen LogP) is 3.80. The van der Waals surface area contributed by atoms with Crippen LogP contribution < -0.4 is 10.1 Å². The SMILES string of the molecule is COc1cc(Cl)cc(/C=C(\C#N)C(=O)Nc2cccc([N+](=O)[O-])c2)c1. The standard InChI is InChI=1S/C17H12ClN3O4/c1-25-16-7-11(6-13(18)8-16)5-12(10-19)17(22)20-14-3-2-4-15(9-14)21(23)24/h2-9H,1H3,(H,20,22)/b12-5+. The number of benzene rings is 2. The summed E-state index contributed by atoms with van der Waals surface area (Å²) in [6, 6.07) is 12.0. The molecule has 1 N–H and O–H groups in total. The molecule has 0 aromatic heterocycles. The first-order chi connectivity index (χ1) is 11.9. The van der Waals surface area contributed by atoms with Crippen molar-refractivity contribution in [3.05, 3.63) is 68.7 Å². The van der Waals surface area contributed by atoms with Crippen LogP contribution in [0, 0.1) is 21.4 Å². The Morgan fingerprint density at radius 2 is 2.12 bits per heavy atom. The van der Waals surface area contributed by atoms with Crippen molar-refractivity contribution in [2.75, 3.05) is 12.4 Å². The number of carbonyl (C=O) groups is 1. The number of methoxy groups -OCH3 is 1. The van der Waals surface area contributed by atoms with E-state index in [-0.39, 0.29) is 16.9 Å². The van der Waals surface area contributed by atoms with Crippen molar-refractivity contribution in [3.8, 4) is 11.8 Å². The minimum Gasteiger partial charge on any atom is -0.497 e. The van der Waals surface area contributed by atoms with Crippen molar-refractivity contribution < 1.29 is 14.5 Å². The molecule has 0 heterocycles. The van der Waals surface area contributed by atoms with Gasteiger partial charge in [-0.05, 0) is 35.9 Å². The van der Waals surface area contributed by atoms with Gasteiger partial charge in [-0.1, -0.05) is 17.7 Å². The molecule has 8 heteroatoms. The van der Waals surface area contributed by atoms with Gasteiger partial charge in [0.15, 0.2) is 0 Å². The number of nitro groups is 1. The lowest BCUT2D eigenvalue weighted by Crippen LogP contribution is -2.13. The van der Waals surface area contributed by atoms with Crippen LogP contribution in [0.5, 0.6) is 5.75 Å². The summed E-state index contributed by atoms with van der Waals surface area (Å²) in [7, 11) is 1.47. The van der Waals surface area contributed by atoms with Gasteiger partial charge in [0.25, 0.3) is 11.6 Å². The van der Waals surface area contributed by atoms with Crippen LogP contribution in [0.15, 0.2) is 48.0 Å². The van der Waals surface area contributed by atoms with Crippen LogP contribution in [-0.4, -0.2) is 17.9 Å². The van der Waals surface area contributed by atoms with Gasteiger partial charge in [-0.2, -0.15) is 5.26 Å². The number of hydrogen-bond acceptors (Lipinski definition) is 5. The number of rotatable bonds is 5. The van der Waals surface area contributed by atoms with E-state index in [1.54, 1.807) is 24.3 Å². The zero-order valence-corrected chi connectivity index (χ0v) is 13.8. The van der Waals surface area contributed by atoms with Gasteiger partial charge in [0, 0.05) is 22.8 Å². The molecule has 0 fully saturated rings. The average Bonchev–Trinajstić information content (AvgIpc) is 2.59. The summed E-state index contributed by atoms with van der Waals surface area (Å²) in [4.78, 5) is 22.4. The molecule has 126 valence electrons. The predicted molar refractivity (Wildman–Crippen MR) is 93.3 cm³/mol. The van der Waals surface area contributed by atoms with Crippen molar-refractivity contribution in [3.63, 3.8) is 0 Å². The number of nitrogens with zero attached hydrogens (tertiary/aromatic N) is 2. The fourth-order valence-electron chi connectivity index (χ4n) is 2.00. The zero-order valence-electron chi connectivity index (χ0n) is 13.0. The molecule has 0 aliphatic rings. The maximum atomic E-state index is 12.2.